The van der Waals surface area contributed by atoms with Gasteiger partial charge in [-0.25, -0.2) is 0 Å². The molecule has 0 N–H and O–H groups in total. The molecule has 0 radical (unpaired) electrons. The number of rotatable bonds is 1. The van der Waals surface area contributed by atoms with E-state index in [1.165, 1.54) is 31.2 Å². The van der Waals surface area contributed by atoms with Crippen LogP contribution >= 0.6 is 0 Å². The number of benzene rings is 1. The van der Waals surface area contributed by atoms with Gasteiger partial charge in [0.1, 0.15) is 0 Å². The normalized spacial score (nSPS) is 41.3. The van der Waals surface area contributed by atoms with Gasteiger partial charge in [-0.05, 0) is 86.7 Å². The highest BCUT2D eigenvalue weighted by Crippen LogP contribution is 2.60. The van der Waals surface area contributed by atoms with Gasteiger partial charge >= 0.3 is 0 Å². The van der Waals surface area contributed by atoms with Crippen molar-refractivity contribution >= 4 is 0 Å². The molecule has 0 heterocycles. The number of hydrogen-bond acceptors (Lipinski definition) is 0. The predicted molar refractivity (Wildman–Crippen MR) is 75.7 cm³/mol. The summed E-state index contributed by atoms with van der Waals surface area (Å²) in [5.74, 6) is 5.12. The number of aryl methyl sites for hydroxylation is 2. The van der Waals surface area contributed by atoms with Gasteiger partial charge in [0.25, 0.3) is 0 Å². The first-order valence-electron chi connectivity index (χ1n) is 7.78. The summed E-state index contributed by atoms with van der Waals surface area (Å²) in [6, 6.07) is 7.16. The molecule has 1 aromatic carbocycles. The maximum absolute atomic E-state index is 2.44. The van der Waals surface area contributed by atoms with E-state index in [2.05, 4.69) is 32.0 Å². The first-order chi connectivity index (χ1) is 8.70. The Kier molecular flexibility index (Phi) is 2.37. The van der Waals surface area contributed by atoms with E-state index in [0.29, 0.717) is 0 Å². The zero-order valence-corrected chi connectivity index (χ0v) is 11.7. The van der Waals surface area contributed by atoms with Crippen molar-refractivity contribution in [3.63, 3.8) is 0 Å². The van der Waals surface area contributed by atoms with E-state index in [0.717, 1.165) is 29.6 Å². The molecule has 0 aliphatic heterocycles. The van der Waals surface area contributed by atoms with E-state index in [1.54, 1.807) is 17.5 Å². The molecule has 1 aromatic rings. The lowest BCUT2D eigenvalue weighted by molar-refractivity contribution is -0.00298. The Morgan fingerprint density at radius 3 is 2.00 bits per heavy atom. The molecule has 96 valence electrons. The molecule has 0 amide bonds. The fourth-order valence-electron chi connectivity index (χ4n) is 5.63. The average Bonchev–Trinajstić information content (AvgIpc) is 2.30. The summed E-state index contributed by atoms with van der Waals surface area (Å²) >= 11 is 0. The van der Waals surface area contributed by atoms with E-state index < -0.39 is 0 Å². The lowest BCUT2D eigenvalue weighted by atomic mass is 9.50. The molecule has 18 heavy (non-hydrogen) atoms. The average molecular weight is 240 g/mol. The Morgan fingerprint density at radius 1 is 0.833 bits per heavy atom. The predicted octanol–water partition coefficient (Wildman–Crippen LogP) is 4.84. The maximum atomic E-state index is 2.44. The van der Waals surface area contributed by atoms with Gasteiger partial charge in [0.15, 0.2) is 0 Å². The van der Waals surface area contributed by atoms with Crippen LogP contribution in [0.25, 0.3) is 0 Å². The highest BCUT2D eigenvalue weighted by Gasteiger charge is 2.48. The van der Waals surface area contributed by atoms with Crippen LogP contribution in [0.15, 0.2) is 18.2 Å². The zero-order chi connectivity index (χ0) is 12.3. The van der Waals surface area contributed by atoms with E-state index in [4.69, 9.17) is 0 Å². The molecular formula is C18H24. The zero-order valence-electron chi connectivity index (χ0n) is 11.7. The van der Waals surface area contributed by atoms with Gasteiger partial charge in [0, 0.05) is 0 Å². The molecule has 0 heteroatoms. The van der Waals surface area contributed by atoms with Crippen molar-refractivity contribution in [3.8, 4) is 0 Å². The lowest BCUT2D eigenvalue weighted by Crippen LogP contribution is -2.43. The summed E-state index contributed by atoms with van der Waals surface area (Å²) in [4.78, 5) is 0. The Hall–Kier alpha value is -0.780. The molecule has 0 saturated heterocycles. The van der Waals surface area contributed by atoms with E-state index in [1.807, 2.05) is 0 Å². The second-order valence-electron chi connectivity index (χ2n) is 7.32. The summed E-state index contributed by atoms with van der Waals surface area (Å²) < 4.78 is 0. The van der Waals surface area contributed by atoms with Gasteiger partial charge in [-0.2, -0.15) is 0 Å². The first kappa shape index (κ1) is 11.1. The van der Waals surface area contributed by atoms with Crippen molar-refractivity contribution in [3.05, 3.63) is 34.9 Å². The van der Waals surface area contributed by atoms with Crippen LogP contribution in [-0.4, -0.2) is 0 Å². The van der Waals surface area contributed by atoms with Crippen molar-refractivity contribution in [2.24, 2.45) is 23.7 Å². The fraction of sp³-hybridized carbons (Fsp3) is 0.667. The van der Waals surface area contributed by atoms with E-state index in [9.17, 15) is 0 Å². The second kappa shape index (κ2) is 3.85. The Morgan fingerprint density at radius 2 is 1.44 bits per heavy atom. The topological polar surface area (TPSA) is 0 Å². The van der Waals surface area contributed by atoms with Crippen LogP contribution in [0.3, 0.4) is 0 Å². The third-order valence-electron chi connectivity index (χ3n) is 6.01. The molecule has 5 rings (SSSR count). The van der Waals surface area contributed by atoms with Crippen molar-refractivity contribution in [1.29, 1.82) is 0 Å². The minimum absolute atomic E-state index is 0.901. The van der Waals surface area contributed by atoms with Crippen molar-refractivity contribution in [1.82, 2.24) is 0 Å². The second-order valence-corrected chi connectivity index (χ2v) is 7.32. The monoisotopic (exact) mass is 240 g/mol. The highest BCUT2D eigenvalue weighted by atomic mass is 14.5. The van der Waals surface area contributed by atoms with Gasteiger partial charge < -0.3 is 0 Å². The minimum atomic E-state index is 0.901. The molecule has 4 aliphatic rings. The molecule has 4 aliphatic carbocycles. The molecule has 4 fully saturated rings. The van der Waals surface area contributed by atoms with Crippen LogP contribution < -0.4 is 0 Å². The Labute approximate surface area is 111 Å². The van der Waals surface area contributed by atoms with Crippen molar-refractivity contribution < 1.29 is 0 Å². The summed E-state index contributed by atoms with van der Waals surface area (Å²) in [6.07, 6.45) is 7.69. The van der Waals surface area contributed by atoms with Crippen molar-refractivity contribution in [2.45, 2.75) is 51.9 Å². The Balaban J connectivity index is 1.72. The SMILES string of the molecule is Cc1ccc(C2C3CC4CC(C3)CC2C4)c(C)c1. The highest BCUT2D eigenvalue weighted by molar-refractivity contribution is 5.35. The summed E-state index contributed by atoms with van der Waals surface area (Å²) in [6.45, 7) is 4.54. The van der Waals surface area contributed by atoms with Gasteiger partial charge in [0.05, 0.1) is 0 Å². The van der Waals surface area contributed by atoms with E-state index in [-0.39, 0.29) is 0 Å². The van der Waals surface area contributed by atoms with Gasteiger partial charge in [0.2, 0.25) is 0 Å². The Bertz CT molecular complexity index is 443. The van der Waals surface area contributed by atoms with Gasteiger partial charge in [-0.15, -0.1) is 0 Å². The fourth-order valence-corrected chi connectivity index (χ4v) is 5.63. The summed E-state index contributed by atoms with van der Waals surface area (Å²) in [5.41, 5.74) is 4.65. The largest absolute Gasteiger partial charge is 0.0590 e. The van der Waals surface area contributed by atoms with Crippen LogP contribution in [0.1, 0.15) is 54.7 Å². The van der Waals surface area contributed by atoms with Crippen LogP contribution in [0, 0.1) is 37.5 Å². The lowest BCUT2D eigenvalue weighted by Gasteiger charge is -2.55. The standard InChI is InChI=1S/C18H24/c1-11-3-4-17(12(2)5-11)18-15-7-13-6-14(9-15)10-16(18)8-13/h3-5,13-16,18H,6-10H2,1-2H3. The molecule has 0 nitrogen and oxygen atoms in total. The van der Waals surface area contributed by atoms with Gasteiger partial charge in [-0.1, -0.05) is 23.8 Å². The van der Waals surface area contributed by atoms with Crippen molar-refractivity contribution in [2.75, 3.05) is 0 Å². The summed E-state index contributed by atoms with van der Waals surface area (Å²) in [5, 5.41) is 0. The molecule has 0 aromatic heterocycles. The molecule has 4 saturated carbocycles. The maximum Gasteiger partial charge on any atom is -0.0102 e. The minimum Gasteiger partial charge on any atom is -0.0590 e. The molecular weight excluding hydrogens is 216 g/mol. The smallest absolute Gasteiger partial charge is 0.0102 e. The van der Waals surface area contributed by atoms with Crippen LogP contribution in [0.5, 0.6) is 0 Å². The van der Waals surface area contributed by atoms with Crippen LogP contribution in [0.4, 0.5) is 0 Å². The molecule has 0 unspecified atom stereocenters. The molecule has 4 bridgehead atoms. The molecule has 0 spiro atoms. The van der Waals surface area contributed by atoms with E-state index >= 15 is 0 Å². The summed E-state index contributed by atoms with van der Waals surface area (Å²) in [7, 11) is 0. The number of hydrogen-bond donors (Lipinski definition) is 0. The third kappa shape index (κ3) is 1.57. The van der Waals surface area contributed by atoms with Crippen LogP contribution in [-0.2, 0) is 0 Å². The van der Waals surface area contributed by atoms with Gasteiger partial charge in [-0.3, -0.25) is 0 Å². The quantitative estimate of drug-likeness (QED) is 0.658. The molecule has 0 atom stereocenters. The first-order valence-corrected chi connectivity index (χ1v) is 7.78. The van der Waals surface area contributed by atoms with Crippen LogP contribution in [0.2, 0.25) is 0 Å². The third-order valence-corrected chi connectivity index (χ3v) is 6.01.